The second kappa shape index (κ2) is 7.18. The lowest BCUT2D eigenvalue weighted by Gasteiger charge is -2.28. The molecule has 0 spiro atoms. The van der Waals surface area contributed by atoms with E-state index < -0.39 is 0 Å². The van der Waals surface area contributed by atoms with Crippen molar-refractivity contribution in [2.24, 2.45) is 24.6 Å². The fraction of sp³-hybridized carbons (Fsp3) is 0.500. The summed E-state index contributed by atoms with van der Waals surface area (Å²) in [7, 11) is 1.82. The van der Waals surface area contributed by atoms with E-state index in [9.17, 15) is 4.79 Å². The average molecular weight is 351 g/mol. The molecule has 2 fully saturated rings. The first-order valence-electron chi connectivity index (χ1n) is 9.88. The van der Waals surface area contributed by atoms with Crippen LogP contribution in [0.1, 0.15) is 44.1 Å². The first kappa shape index (κ1) is 17.2. The Morgan fingerprint density at radius 3 is 2.73 bits per heavy atom. The second-order valence-electron chi connectivity index (χ2n) is 8.18. The van der Waals surface area contributed by atoms with Crippen molar-refractivity contribution < 1.29 is 0 Å². The van der Waals surface area contributed by atoms with Gasteiger partial charge in [-0.25, -0.2) is 0 Å². The Morgan fingerprint density at radius 1 is 1.23 bits per heavy atom. The number of nitrogens with two attached hydrogens (primary N) is 1. The van der Waals surface area contributed by atoms with Crippen molar-refractivity contribution >= 4 is 10.9 Å². The minimum atomic E-state index is 0.0389. The van der Waals surface area contributed by atoms with Gasteiger partial charge in [0.15, 0.2) is 0 Å². The van der Waals surface area contributed by atoms with E-state index in [0.29, 0.717) is 6.04 Å². The molecule has 2 saturated carbocycles. The van der Waals surface area contributed by atoms with E-state index in [-0.39, 0.29) is 5.56 Å². The molecule has 2 aliphatic carbocycles. The monoisotopic (exact) mass is 351 g/mol. The van der Waals surface area contributed by atoms with Crippen LogP contribution in [0.15, 0.2) is 47.0 Å². The van der Waals surface area contributed by atoms with Crippen LogP contribution in [-0.4, -0.2) is 10.6 Å². The number of benzene rings is 1. The highest BCUT2D eigenvalue weighted by atomic mass is 16.1. The smallest absolute Gasteiger partial charge is 0.251 e. The maximum Gasteiger partial charge on any atom is 0.251 e. The number of nitrogens with one attached hydrogen (secondary N) is 1. The molecule has 0 saturated heterocycles. The van der Waals surface area contributed by atoms with Crippen LogP contribution in [0.2, 0.25) is 0 Å². The predicted octanol–water partition coefficient (Wildman–Crippen LogP) is 3.44. The molecular formula is C22H29N3O. The second-order valence-corrected chi connectivity index (χ2v) is 8.18. The largest absolute Gasteiger partial charge is 0.401 e. The van der Waals surface area contributed by atoms with E-state index >= 15 is 0 Å². The van der Waals surface area contributed by atoms with Crippen molar-refractivity contribution in [3.05, 3.63) is 58.1 Å². The van der Waals surface area contributed by atoms with Crippen molar-refractivity contribution in [3.63, 3.8) is 0 Å². The maximum atomic E-state index is 12.2. The summed E-state index contributed by atoms with van der Waals surface area (Å²) in [6.07, 6.45) is 10.4. The summed E-state index contributed by atoms with van der Waals surface area (Å²) in [5.74, 6) is 1.85. The molecule has 138 valence electrons. The van der Waals surface area contributed by atoms with Gasteiger partial charge in [0.05, 0.1) is 5.52 Å². The molecule has 3 N–H and O–H groups in total. The van der Waals surface area contributed by atoms with E-state index in [1.165, 1.54) is 32.1 Å². The van der Waals surface area contributed by atoms with E-state index in [4.69, 9.17) is 5.73 Å². The van der Waals surface area contributed by atoms with Crippen molar-refractivity contribution in [2.45, 2.75) is 51.0 Å². The Labute approximate surface area is 155 Å². The lowest BCUT2D eigenvalue weighted by atomic mass is 9.85. The molecule has 0 amide bonds. The fourth-order valence-electron chi connectivity index (χ4n) is 4.91. The van der Waals surface area contributed by atoms with E-state index in [1.807, 2.05) is 31.4 Å². The number of hydrogen-bond acceptors (Lipinski definition) is 3. The van der Waals surface area contributed by atoms with Crippen LogP contribution in [-0.2, 0) is 13.5 Å². The number of fused-ring (bicyclic) bond motifs is 3. The van der Waals surface area contributed by atoms with Crippen LogP contribution in [0.3, 0.4) is 0 Å². The number of hydrogen-bond donors (Lipinski definition) is 2. The molecule has 1 aromatic heterocycles. The number of nitrogens with zero attached hydrogens (tertiary/aromatic N) is 1. The molecule has 0 aliphatic heterocycles. The summed E-state index contributed by atoms with van der Waals surface area (Å²) in [6.45, 7) is 0. The Hall–Kier alpha value is -2.23. The van der Waals surface area contributed by atoms with Gasteiger partial charge in [-0.15, -0.1) is 0 Å². The van der Waals surface area contributed by atoms with Crippen molar-refractivity contribution in [3.8, 4) is 0 Å². The molecule has 0 radical (unpaired) electrons. The standard InChI is InChI=1S/C22H29N3O/c1-25-21-5-3-2-4-20(21)17(13-22(25)26)8-9-18(23)14-24-19-11-15-6-7-16(10-15)12-19/h2-5,13-16,19,24H,6-12,23H2,1H3/b18-14-. The third kappa shape index (κ3) is 3.50. The Kier molecular flexibility index (Phi) is 4.75. The van der Waals surface area contributed by atoms with Crippen molar-refractivity contribution in [1.82, 2.24) is 9.88 Å². The zero-order chi connectivity index (χ0) is 18.1. The van der Waals surface area contributed by atoms with Crippen LogP contribution in [0, 0.1) is 11.8 Å². The van der Waals surface area contributed by atoms with Gasteiger partial charge in [-0.05, 0) is 55.6 Å². The van der Waals surface area contributed by atoms with Gasteiger partial charge in [-0.3, -0.25) is 4.79 Å². The van der Waals surface area contributed by atoms with Crippen molar-refractivity contribution in [1.29, 1.82) is 0 Å². The van der Waals surface area contributed by atoms with E-state index in [0.717, 1.165) is 46.8 Å². The van der Waals surface area contributed by atoms with Gasteiger partial charge in [0.25, 0.3) is 5.56 Å². The Bertz CT molecular complexity index is 871. The highest BCUT2D eigenvalue weighted by Gasteiger charge is 2.33. The Morgan fingerprint density at radius 2 is 1.96 bits per heavy atom. The average Bonchev–Trinajstić information content (AvgIpc) is 3.00. The molecule has 2 aliphatic rings. The number of rotatable bonds is 5. The molecule has 2 aromatic rings. The van der Waals surface area contributed by atoms with Gasteiger partial charge in [0, 0.05) is 36.4 Å². The maximum absolute atomic E-state index is 12.2. The lowest BCUT2D eigenvalue weighted by Crippen LogP contribution is -2.32. The molecule has 2 bridgehead atoms. The lowest BCUT2D eigenvalue weighted by molar-refractivity contribution is 0.297. The number of allylic oxidation sites excluding steroid dienone is 1. The summed E-state index contributed by atoms with van der Waals surface area (Å²) in [5, 5.41) is 4.70. The minimum absolute atomic E-state index is 0.0389. The van der Waals surface area contributed by atoms with Gasteiger partial charge in [-0.2, -0.15) is 0 Å². The molecule has 1 aromatic carbocycles. The number of aromatic nitrogens is 1. The fourth-order valence-corrected chi connectivity index (χ4v) is 4.91. The van der Waals surface area contributed by atoms with Gasteiger partial charge in [0.2, 0.25) is 0 Å². The molecule has 1 heterocycles. The highest BCUT2D eigenvalue weighted by Crippen LogP contribution is 2.41. The van der Waals surface area contributed by atoms with Crippen LogP contribution >= 0.6 is 0 Å². The van der Waals surface area contributed by atoms with Crippen LogP contribution in [0.5, 0.6) is 0 Å². The first-order valence-corrected chi connectivity index (χ1v) is 9.88. The third-order valence-corrected chi connectivity index (χ3v) is 6.31. The van der Waals surface area contributed by atoms with E-state index in [1.54, 1.807) is 10.6 Å². The molecule has 2 atom stereocenters. The molecule has 2 unspecified atom stereocenters. The summed E-state index contributed by atoms with van der Waals surface area (Å²) in [6, 6.07) is 10.4. The molecule has 4 heteroatoms. The molecule has 4 rings (SSSR count). The third-order valence-electron chi connectivity index (χ3n) is 6.31. The molecule has 26 heavy (non-hydrogen) atoms. The van der Waals surface area contributed by atoms with Gasteiger partial charge in [-0.1, -0.05) is 31.0 Å². The summed E-state index contributed by atoms with van der Waals surface area (Å²) < 4.78 is 1.71. The van der Waals surface area contributed by atoms with Gasteiger partial charge >= 0.3 is 0 Å². The predicted molar refractivity (Wildman–Crippen MR) is 107 cm³/mol. The number of para-hydroxylation sites is 1. The summed E-state index contributed by atoms with van der Waals surface area (Å²) in [5.41, 5.74) is 9.22. The van der Waals surface area contributed by atoms with Crippen LogP contribution < -0.4 is 16.6 Å². The number of aryl methyl sites for hydroxylation is 2. The van der Waals surface area contributed by atoms with E-state index in [2.05, 4.69) is 11.4 Å². The summed E-state index contributed by atoms with van der Waals surface area (Å²) >= 11 is 0. The zero-order valence-corrected chi connectivity index (χ0v) is 15.6. The number of pyridine rings is 1. The van der Waals surface area contributed by atoms with Crippen molar-refractivity contribution in [2.75, 3.05) is 0 Å². The van der Waals surface area contributed by atoms with Crippen LogP contribution in [0.25, 0.3) is 10.9 Å². The highest BCUT2D eigenvalue weighted by molar-refractivity contribution is 5.82. The molecular weight excluding hydrogens is 322 g/mol. The topological polar surface area (TPSA) is 60.0 Å². The molecule has 4 nitrogen and oxygen atoms in total. The quantitative estimate of drug-likeness (QED) is 0.867. The normalized spacial score (nSPS) is 25.6. The van der Waals surface area contributed by atoms with Crippen LogP contribution in [0.4, 0.5) is 0 Å². The minimum Gasteiger partial charge on any atom is -0.401 e. The summed E-state index contributed by atoms with van der Waals surface area (Å²) in [4.78, 5) is 12.2. The Balaban J connectivity index is 1.41. The zero-order valence-electron chi connectivity index (χ0n) is 15.6. The first-order chi connectivity index (χ1) is 12.6. The SMILES string of the molecule is Cn1c(=O)cc(CC/C(N)=C/NC2CC3CCC(C3)C2)c2ccccc21. The van der Waals surface area contributed by atoms with Gasteiger partial charge in [0.1, 0.15) is 0 Å². The van der Waals surface area contributed by atoms with Gasteiger partial charge < -0.3 is 15.6 Å².